The number of aromatic nitrogens is 1. The van der Waals surface area contributed by atoms with Gasteiger partial charge in [-0.15, -0.1) is 0 Å². The summed E-state index contributed by atoms with van der Waals surface area (Å²) in [4.78, 5) is 4.05. The van der Waals surface area contributed by atoms with Gasteiger partial charge in [0.15, 0.2) is 11.6 Å². The number of hydrogen-bond donors (Lipinski definition) is 1. The largest absolute Gasteiger partial charge is 0.487 e. The highest BCUT2D eigenvalue weighted by Gasteiger charge is 2.42. The van der Waals surface area contributed by atoms with Gasteiger partial charge in [-0.1, -0.05) is 6.92 Å². The van der Waals surface area contributed by atoms with Crippen molar-refractivity contribution in [3.8, 4) is 5.75 Å². The second kappa shape index (κ2) is 8.50. The van der Waals surface area contributed by atoms with E-state index < -0.39 is 22.9 Å². The maximum atomic E-state index is 14.8. The monoisotopic (exact) mass is 428 g/mol. The smallest absolute Gasteiger partial charge is 0.166 e. The maximum Gasteiger partial charge on any atom is 0.166 e. The summed E-state index contributed by atoms with van der Waals surface area (Å²) >= 11 is 0. The molecule has 0 aliphatic heterocycles. The molecule has 1 fully saturated rings. The standard InChI is InChI=1S/C25H27F3N2O/c1-3-23(29)25(17-11-18(26)13-19(27)12-17)7-4-20(5-8-25)31-24-15(2)21-6-9-30-14-16(21)10-22(24)28/h6,9-14,20,23H,3-5,7-8,29H2,1-2H3/t20?,23-,25?/m0/s1. The fourth-order valence-corrected chi connectivity index (χ4v) is 5.01. The summed E-state index contributed by atoms with van der Waals surface area (Å²) < 4.78 is 48.8. The third-order valence-electron chi connectivity index (χ3n) is 6.79. The molecule has 0 spiro atoms. The Morgan fingerprint density at radius 3 is 2.45 bits per heavy atom. The van der Waals surface area contributed by atoms with Gasteiger partial charge >= 0.3 is 0 Å². The van der Waals surface area contributed by atoms with Gasteiger partial charge in [0.1, 0.15) is 11.6 Å². The Bertz CT molecular complexity index is 1070. The van der Waals surface area contributed by atoms with Gasteiger partial charge in [0.2, 0.25) is 0 Å². The molecule has 0 amide bonds. The molecular weight excluding hydrogens is 401 g/mol. The molecule has 0 saturated heterocycles. The first-order chi connectivity index (χ1) is 14.8. The molecule has 6 heteroatoms. The van der Waals surface area contributed by atoms with Crippen molar-refractivity contribution < 1.29 is 17.9 Å². The lowest BCUT2D eigenvalue weighted by Gasteiger charge is -2.44. The first-order valence-corrected chi connectivity index (χ1v) is 10.8. The minimum Gasteiger partial charge on any atom is -0.487 e. The Morgan fingerprint density at radius 1 is 1.13 bits per heavy atom. The van der Waals surface area contributed by atoms with Crippen LogP contribution in [0.15, 0.2) is 42.7 Å². The highest BCUT2D eigenvalue weighted by Crippen LogP contribution is 2.44. The number of fused-ring (bicyclic) bond motifs is 1. The highest BCUT2D eigenvalue weighted by atomic mass is 19.1. The molecule has 1 atom stereocenters. The molecule has 31 heavy (non-hydrogen) atoms. The van der Waals surface area contributed by atoms with E-state index >= 15 is 0 Å². The van der Waals surface area contributed by atoms with Gasteiger partial charge in [-0.25, -0.2) is 13.2 Å². The first-order valence-electron chi connectivity index (χ1n) is 10.8. The van der Waals surface area contributed by atoms with E-state index in [9.17, 15) is 13.2 Å². The second-order valence-electron chi connectivity index (χ2n) is 8.56. The minimum absolute atomic E-state index is 0.192. The minimum atomic E-state index is -0.598. The lowest BCUT2D eigenvalue weighted by atomic mass is 9.64. The SMILES string of the molecule is CC[C@H](N)C1(c2cc(F)cc(F)c2)CCC(Oc2c(F)cc3cnccc3c2C)CC1. The van der Waals surface area contributed by atoms with Crippen LogP contribution in [0, 0.1) is 24.4 Å². The third kappa shape index (κ3) is 4.01. The molecule has 1 aromatic heterocycles. The van der Waals surface area contributed by atoms with E-state index in [-0.39, 0.29) is 17.9 Å². The third-order valence-corrected chi connectivity index (χ3v) is 6.79. The number of nitrogens with two attached hydrogens (primary N) is 1. The van der Waals surface area contributed by atoms with Crippen LogP contribution in [0.1, 0.15) is 50.2 Å². The van der Waals surface area contributed by atoms with Crippen LogP contribution >= 0.6 is 0 Å². The van der Waals surface area contributed by atoms with Gasteiger partial charge in [-0.2, -0.15) is 0 Å². The normalized spacial score (nSPS) is 22.5. The van der Waals surface area contributed by atoms with Crippen LogP contribution in [0.3, 0.4) is 0 Å². The zero-order chi connectivity index (χ0) is 22.2. The molecule has 4 rings (SSSR count). The van der Waals surface area contributed by atoms with Crippen LogP contribution in [0.5, 0.6) is 5.75 Å². The molecule has 1 aliphatic rings. The van der Waals surface area contributed by atoms with Crippen molar-refractivity contribution in [3.63, 3.8) is 0 Å². The van der Waals surface area contributed by atoms with Gasteiger partial charge in [0.05, 0.1) is 6.10 Å². The Balaban J connectivity index is 1.59. The summed E-state index contributed by atoms with van der Waals surface area (Å²) in [6.45, 7) is 3.82. The van der Waals surface area contributed by atoms with Crippen LogP contribution in [0.4, 0.5) is 13.2 Å². The molecule has 3 aromatic rings. The average molecular weight is 428 g/mol. The lowest BCUT2D eigenvalue weighted by molar-refractivity contribution is 0.0991. The predicted molar refractivity (Wildman–Crippen MR) is 116 cm³/mol. The molecule has 2 aromatic carbocycles. The van der Waals surface area contributed by atoms with Crippen LogP contribution < -0.4 is 10.5 Å². The highest BCUT2D eigenvalue weighted by molar-refractivity contribution is 5.86. The Labute approximate surface area is 180 Å². The van der Waals surface area contributed by atoms with Crippen molar-refractivity contribution in [1.29, 1.82) is 0 Å². The quantitative estimate of drug-likeness (QED) is 0.546. The van der Waals surface area contributed by atoms with Crippen molar-refractivity contribution in [2.45, 2.75) is 63.5 Å². The van der Waals surface area contributed by atoms with Gasteiger partial charge in [0.25, 0.3) is 0 Å². The molecule has 164 valence electrons. The van der Waals surface area contributed by atoms with Gasteiger partial charge in [-0.05, 0) is 74.2 Å². The van der Waals surface area contributed by atoms with Crippen molar-refractivity contribution in [3.05, 3.63) is 71.3 Å². The zero-order valence-electron chi connectivity index (χ0n) is 17.8. The van der Waals surface area contributed by atoms with E-state index in [0.29, 0.717) is 37.7 Å². The Morgan fingerprint density at radius 2 is 1.81 bits per heavy atom. The van der Waals surface area contributed by atoms with E-state index in [0.717, 1.165) is 22.4 Å². The molecule has 1 heterocycles. The number of hydrogen-bond acceptors (Lipinski definition) is 3. The summed E-state index contributed by atoms with van der Waals surface area (Å²) in [6, 6.07) is 6.72. The average Bonchev–Trinajstić information content (AvgIpc) is 2.76. The van der Waals surface area contributed by atoms with Gasteiger partial charge < -0.3 is 10.5 Å². The fraction of sp³-hybridized carbons (Fsp3) is 0.400. The molecule has 1 aliphatic carbocycles. The van der Waals surface area contributed by atoms with E-state index in [4.69, 9.17) is 10.5 Å². The van der Waals surface area contributed by atoms with E-state index in [1.54, 1.807) is 12.4 Å². The van der Waals surface area contributed by atoms with Crippen molar-refractivity contribution >= 4 is 10.8 Å². The lowest BCUT2D eigenvalue weighted by Crippen LogP contribution is -2.49. The zero-order valence-corrected chi connectivity index (χ0v) is 17.8. The van der Waals surface area contributed by atoms with Gasteiger partial charge in [-0.3, -0.25) is 4.98 Å². The second-order valence-corrected chi connectivity index (χ2v) is 8.56. The van der Waals surface area contributed by atoms with Crippen LogP contribution in [-0.2, 0) is 5.41 Å². The molecule has 0 bridgehead atoms. The van der Waals surface area contributed by atoms with E-state index in [2.05, 4.69) is 4.98 Å². The summed E-state index contributed by atoms with van der Waals surface area (Å²) in [6.07, 6.45) is 6.29. The topological polar surface area (TPSA) is 48.1 Å². The molecule has 2 N–H and O–H groups in total. The fourth-order valence-electron chi connectivity index (χ4n) is 5.01. The van der Waals surface area contributed by atoms with Crippen LogP contribution in [0.2, 0.25) is 0 Å². The van der Waals surface area contributed by atoms with E-state index in [1.807, 2.05) is 19.9 Å². The summed E-state index contributed by atoms with van der Waals surface area (Å²) in [7, 11) is 0. The summed E-state index contributed by atoms with van der Waals surface area (Å²) in [5.74, 6) is -1.35. The Hall–Kier alpha value is -2.60. The molecule has 0 radical (unpaired) electrons. The summed E-state index contributed by atoms with van der Waals surface area (Å²) in [5, 5.41) is 1.63. The van der Waals surface area contributed by atoms with E-state index in [1.165, 1.54) is 18.2 Å². The van der Waals surface area contributed by atoms with Gasteiger partial charge in [0, 0.05) is 40.9 Å². The predicted octanol–water partition coefficient (Wildman–Crippen LogP) is 5.96. The Kier molecular flexibility index (Phi) is 5.93. The number of aryl methyl sites for hydroxylation is 1. The van der Waals surface area contributed by atoms with Crippen molar-refractivity contribution in [2.75, 3.05) is 0 Å². The number of rotatable bonds is 5. The number of halogens is 3. The molecule has 0 unspecified atom stereocenters. The maximum absolute atomic E-state index is 14.8. The van der Waals surface area contributed by atoms with Crippen LogP contribution in [-0.4, -0.2) is 17.1 Å². The number of nitrogens with zero attached hydrogens (tertiary/aromatic N) is 1. The van der Waals surface area contributed by atoms with Crippen molar-refractivity contribution in [1.82, 2.24) is 4.98 Å². The van der Waals surface area contributed by atoms with Crippen molar-refractivity contribution in [2.24, 2.45) is 5.73 Å². The number of ether oxygens (including phenoxy) is 1. The molecule has 3 nitrogen and oxygen atoms in total. The number of benzene rings is 2. The molecule has 1 saturated carbocycles. The first kappa shape index (κ1) is 21.6. The number of pyridine rings is 1. The molecular formula is C25H27F3N2O. The van der Waals surface area contributed by atoms with Crippen LogP contribution in [0.25, 0.3) is 10.8 Å². The summed E-state index contributed by atoms with van der Waals surface area (Å²) in [5.41, 5.74) is 7.28.